The van der Waals surface area contributed by atoms with Crippen molar-refractivity contribution in [3.63, 3.8) is 0 Å². The molecule has 0 aromatic heterocycles. The van der Waals surface area contributed by atoms with Crippen LogP contribution in [0.5, 0.6) is 0 Å². The van der Waals surface area contributed by atoms with Crippen LogP contribution in [0.3, 0.4) is 0 Å². The molecule has 0 bridgehead atoms. The summed E-state index contributed by atoms with van der Waals surface area (Å²) >= 11 is 7.28. The summed E-state index contributed by atoms with van der Waals surface area (Å²) in [4.78, 5) is 28.1. The Morgan fingerprint density at radius 2 is 1.69 bits per heavy atom. The van der Waals surface area contributed by atoms with Gasteiger partial charge in [0, 0.05) is 22.0 Å². The van der Waals surface area contributed by atoms with Gasteiger partial charge in [0.2, 0.25) is 11.8 Å². The van der Waals surface area contributed by atoms with Gasteiger partial charge in [-0.3, -0.25) is 9.59 Å². The Morgan fingerprint density at radius 1 is 1.10 bits per heavy atom. The molecule has 0 aliphatic rings. The molecular formula is C22H26ClFN2O2S. The molecule has 1 unspecified atom stereocenters. The Kier molecular flexibility index (Phi) is 8.11. The average Bonchev–Trinajstić information content (AvgIpc) is 2.65. The molecule has 2 aromatic carbocycles. The maximum atomic E-state index is 13.2. The average molecular weight is 437 g/mol. The van der Waals surface area contributed by atoms with Crippen molar-refractivity contribution < 1.29 is 14.0 Å². The highest BCUT2D eigenvalue weighted by Crippen LogP contribution is 2.22. The molecule has 0 saturated carbocycles. The summed E-state index contributed by atoms with van der Waals surface area (Å²) in [5.41, 5.74) is 0.347. The van der Waals surface area contributed by atoms with Crippen molar-refractivity contribution in [2.75, 3.05) is 5.75 Å². The summed E-state index contributed by atoms with van der Waals surface area (Å²) in [5, 5.41) is 3.55. The zero-order chi connectivity index (χ0) is 21.6. The van der Waals surface area contributed by atoms with Crippen LogP contribution < -0.4 is 5.32 Å². The Hall–Kier alpha value is -2.05. The number of carbonyl (C=O) groups excluding carboxylic acids is 2. The number of halogens is 2. The largest absolute Gasteiger partial charge is 0.350 e. The third-order valence-corrected chi connectivity index (χ3v) is 5.36. The van der Waals surface area contributed by atoms with Crippen LogP contribution in [-0.2, 0) is 16.1 Å². The Balaban J connectivity index is 2.15. The fourth-order valence-electron chi connectivity index (χ4n) is 2.60. The molecule has 0 fully saturated rings. The summed E-state index contributed by atoms with van der Waals surface area (Å²) < 4.78 is 13.2. The van der Waals surface area contributed by atoms with Crippen LogP contribution >= 0.6 is 23.4 Å². The van der Waals surface area contributed by atoms with Crippen molar-refractivity contribution >= 4 is 35.2 Å². The molecule has 2 rings (SSSR count). The number of hydrogen-bond donors (Lipinski definition) is 1. The van der Waals surface area contributed by atoms with Gasteiger partial charge in [-0.15, -0.1) is 11.8 Å². The fourth-order valence-corrected chi connectivity index (χ4v) is 3.51. The summed E-state index contributed by atoms with van der Waals surface area (Å²) in [6, 6.07) is 12.5. The number of amides is 2. The van der Waals surface area contributed by atoms with Crippen LogP contribution in [-0.4, -0.2) is 34.0 Å². The number of nitrogens with zero attached hydrogens (tertiary/aromatic N) is 1. The molecule has 156 valence electrons. The van der Waals surface area contributed by atoms with E-state index in [4.69, 9.17) is 11.6 Å². The number of thioether (sulfide) groups is 1. The lowest BCUT2D eigenvalue weighted by molar-refractivity contribution is -0.139. The second kappa shape index (κ2) is 10.1. The predicted octanol–water partition coefficient (Wildman–Crippen LogP) is 4.90. The molecule has 29 heavy (non-hydrogen) atoms. The minimum Gasteiger partial charge on any atom is -0.350 e. The third kappa shape index (κ3) is 7.71. The maximum Gasteiger partial charge on any atom is 0.242 e. The summed E-state index contributed by atoms with van der Waals surface area (Å²) in [6.07, 6.45) is 0. The Bertz CT molecular complexity index is 835. The summed E-state index contributed by atoms with van der Waals surface area (Å²) in [7, 11) is 0. The predicted molar refractivity (Wildman–Crippen MR) is 116 cm³/mol. The first-order chi connectivity index (χ1) is 13.5. The molecule has 0 aliphatic heterocycles. The van der Waals surface area contributed by atoms with Gasteiger partial charge in [0.15, 0.2) is 0 Å². The standard InChI is InChI=1S/C22H26ClFN2O2S/c1-15(21(28)25-22(2,3)4)26(13-16-5-9-18(24)10-6-16)20(27)14-29-19-11-7-17(23)8-12-19/h5-12,15H,13-14H2,1-4H3,(H,25,28). The molecule has 2 aromatic rings. The minimum atomic E-state index is -0.669. The highest BCUT2D eigenvalue weighted by Gasteiger charge is 2.28. The van der Waals surface area contributed by atoms with Crippen molar-refractivity contribution in [2.45, 2.75) is 50.7 Å². The van der Waals surface area contributed by atoms with E-state index >= 15 is 0 Å². The molecule has 0 spiro atoms. The number of nitrogens with one attached hydrogen (secondary N) is 1. The van der Waals surface area contributed by atoms with E-state index in [0.29, 0.717) is 5.02 Å². The van der Waals surface area contributed by atoms with Crippen molar-refractivity contribution in [3.05, 3.63) is 64.9 Å². The molecule has 0 heterocycles. The molecule has 2 amide bonds. The molecule has 4 nitrogen and oxygen atoms in total. The van der Waals surface area contributed by atoms with Crippen LogP contribution in [0.15, 0.2) is 53.4 Å². The van der Waals surface area contributed by atoms with Gasteiger partial charge in [0.1, 0.15) is 11.9 Å². The maximum absolute atomic E-state index is 13.2. The molecule has 7 heteroatoms. The number of benzene rings is 2. The first-order valence-electron chi connectivity index (χ1n) is 9.29. The highest BCUT2D eigenvalue weighted by atomic mass is 35.5. The van der Waals surface area contributed by atoms with Gasteiger partial charge in [-0.25, -0.2) is 4.39 Å². The van der Waals surface area contributed by atoms with Crippen molar-refractivity contribution in [1.82, 2.24) is 10.2 Å². The zero-order valence-electron chi connectivity index (χ0n) is 17.0. The van der Waals surface area contributed by atoms with E-state index in [2.05, 4.69) is 5.32 Å². The minimum absolute atomic E-state index is 0.175. The molecule has 0 aliphatic carbocycles. The van der Waals surface area contributed by atoms with E-state index in [1.54, 1.807) is 31.2 Å². The molecule has 0 saturated heterocycles. The Morgan fingerprint density at radius 3 is 2.24 bits per heavy atom. The van der Waals surface area contributed by atoms with Gasteiger partial charge in [0.05, 0.1) is 5.75 Å². The van der Waals surface area contributed by atoms with Crippen molar-refractivity contribution in [1.29, 1.82) is 0 Å². The molecule has 0 radical (unpaired) electrons. The second-order valence-corrected chi connectivity index (χ2v) is 9.29. The van der Waals surface area contributed by atoms with Crippen LogP contribution in [0.4, 0.5) is 4.39 Å². The van der Waals surface area contributed by atoms with E-state index in [0.717, 1.165) is 10.5 Å². The number of hydrogen-bond acceptors (Lipinski definition) is 3. The van der Waals surface area contributed by atoms with Crippen molar-refractivity contribution in [2.24, 2.45) is 0 Å². The van der Waals surface area contributed by atoms with Crippen LogP contribution in [0.2, 0.25) is 5.02 Å². The topological polar surface area (TPSA) is 49.4 Å². The normalized spacial score (nSPS) is 12.3. The van der Waals surface area contributed by atoms with Crippen LogP contribution in [0.25, 0.3) is 0 Å². The lowest BCUT2D eigenvalue weighted by Gasteiger charge is -2.31. The van der Waals surface area contributed by atoms with E-state index in [1.807, 2.05) is 32.9 Å². The monoisotopic (exact) mass is 436 g/mol. The lowest BCUT2D eigenvalue weighted by atomic mass is 10.1. The zero-order valence-corrected chi connectivity index (χ0v) is 18.6. The summed E-state index contributed by atoms with van der Waals surface area (Å²) in [5.74, 6) is -0.575. The Labute approximate surface area is 180 Å². The van der Waals surface area contributed by atoms with Gasteiger partial charge >= 0.3 is 0 Å². The molecule has 1 N–H and O–H groups in total. The van der Waals surface area contributed by atoms with E-state index in [1.165, 1.54) is 28.8 Å². The van der Waals surface area contributed by atoms with Gasteiger partial charge in [-0.2, -0.15) is 0 Å². The number of carbonyl (C=O) groups is 2. The quantitative estimate of drug-likeness (QED) is 0.628. The SMILES string of the molecule is CC(C(=O)NC(C)(C)C)N(Cc1ccc(F)cc1)C(=O)CSc1ccc(Cl)cc1. The van der Waals surface area contributed by atoms with Crippen molar-refractivity contribution in [3.8, 4) is 0 Å². The van der Waals surface area contributed by atoms with E-state index in [-0.39, 0.29) is 29.9 Å². The van der Waals surface area contributed by atoms with Gasteiger partial charge < -0.3 is 10.2 Å². The first kappa shape index (κ1) is 23.2. The molecule has 1 atom stereocenters. The number of rotatable bonds is 7. The molecular weight excluding hydrogens is 411 g/mol. The lowest BCUT2D eigenvalue weighted by Crippen LogP contribution is -2.52. The van der Waals surface area contributed by atoms with E-state index in [9.17, 15) is 14.0 Å². The smallest absolute Gasteiger partial charge is 0.242 e. The highest BCUT2D eigenvalue weighted by molar-refractivity contribution is 8.00. The van der Waals surface area contributed by atoms with Gasteiger partial charge in [-0.05, 0) is 69.7 Å². The van der Waals surface area contributed by atoms with Gasteiger partial charge in [0.25, 0.3) is 0 Å². The van der Waals surface area contributed by atoms with Crippen LogP contribution in [0, 0.1) is 5.82 Å². The van der Waals surface area contributed by atoms with Crippen LogP contribution in [0.1, 0.15) is 33.3 Å². The fraction of sp³-hybridized carbons (Fsp3) is 0.364. The first-order valence-corrected chi connectivity index (χ1v) is 10.7. The van der Waals surface area contributed by atoms with E-state index < -0.39 is 11.6 Å². The third-order valence-electron chi connectivity index (χ3n) is 4.11. The van der Waals surface area contributed by atoms with Gasteiger partial charge in [-0.1, -0.05) is 23.7 Å². The second-order valence-electron chi connectivity index (χ2n) is 7.81. The summed E-state index contributed by atoms with van der Waals surface area (Å²) in [6.45, 7) is 7.59.